The number of carbonyl (C=O) groups excluding carboxylic acids is 1. The van der Waals surface area contributed by atoms with E-state index in [2.05, 4.69) is 32.7 Å². The number of ether oxygens (including phenoxy) is 2. The minimum Gasteiger partial charge on any atom is -0.480 e. The van der Waals surface area contributed by atoms with Gasteiger partial charge in [-0.1, -0.05) is 19.9 Å². The van der Waals surface area contributed by atoms with Crippen molar-refractivity contribution in [1.82, 2.24) is 4.98 Å². The molecule has 2 heterocycles. The number of benzene rings is 1. The molecule has 0 bridgehead atoms. The lowest BCUT2D eigenvalue weighted by molar-refractivity contribution is 0.0932. The Morgan fingerprint density at radius 1 is 1.25 bits per heavy atom. The van der Waals surface area contributed by atoms with Gasteiger partial charge in [-0.3, -0.25) is 4.79 Å². The Kier molecular flexibility index (Phi) is 5.47. The van der Waals surface area contributed by atoms with E-state index in [1.165, 1.54) is 7.11 Å². The summed E-state index contributed by atoms with van der Waals surface area (Å²) in [6, 6.07) is 10.5. The molecule has 144 valence electrons. The van der Waals surface area contributed by atoms with Gasteiger partial charge < -0.3 is 14.1 Å². The van der Waals surface area contributed by atoms with Crippen molar-refractivity contribution < 1.29 is 18.9 Å². The van der Waals surface area contributed by atoms with Crippen LogP contribution >= 0.6 is 8.46 Å². The number of aromatic nitrogens is 1. The zero-order valence-corrected chi connectivity index (χ0v) is 17.6. The van der Waals surface area contributed by atoms with Crippen molar-refractivity contribution in [3.05, 3.63) is 41.5 Å². The van der Waals surface area contributed by atoms with E-state index in [0.29, 0.717) is 25.3 Å². The number of methoxy groups -OCH3 is 1. The molecule has 3 rings (SSSR count). The molecule has 0 spiro atoms. The van der Waals surface area contributed by atoms with E-state index < -0.39 is 0 Å². The lowest BCUT2D eigenvalue weighted by Crippen LogP contribution is -2.40. The fraction of sp³-hybridized carbons (Fsp3) is 0.350. The molecule has 2 aromatic rings. The van der Waals surface area contributed by atoms with E-state index in [0.717, 1.165) is 11.7 Å². The van der Waals surface area contributed by atoms with E-state index in [-0.39, 0.29) is 29.2 Å². The molecular weight excluding hydrogens is 374 g/mol. The fourth-order valence-electron chi connectivity index (χ4n) is 2.91. The van der Waals surface area contributed by atoms with Gasteiger partial charge in [0.05, 0.1) is 12.7 Å². The Morgan fingerprint density at radius 2 is 2.00 bits per heavy atom. The molecule has 0 N–H and O–H groups in total. The second-order valence-corrected chi connectivity index (χ2v) is 9.67. The van der Waals surface area contributed by atoms with Crippen LogP contribution in [0.1, 0.15) is 43.6 Å². The molecule has 0 aliphatic carbocycles. The third-order valence-corrected chi connectivity index (χ3v) is 7.26. The molecule has 1 unspecified atom stereocenters. The van der Waals surface area contributed by atoms with E-state index in [1.54, 1.807) is 24.3 Å². The van der Waals surface area contributed by atoms with Crippen LogP contribution in [0.3, 0.4) is 0 Å². The van der Waals surface area contributed by atoms with Crippen LogP contribution in [0.4, 0.5) is 0 Å². The van der Waals surface area contributed by atoms with Gasteiger partial charge >= 0.3 is 6.64 Å². The first kappa shape index (κ1) is 20.3. The maximum absolute atomic E-state index is 11.7. The fourth-order valence-corrected chi connectivity index (χ4v) is 4.75. The summed E-state index contributed by atoms with van der Waals surface area (Å²) in [6.45, 7) is 8.43. The summed E-state index contributed by atoms with van der Waals surface area (Å²) < 4.78 is 17.1. The van der Waals surface area contributed by atoms with Gasteiger partial charge in [0.2, 0.25) is 11.8 Å². The zero-order valence-electron chi connectivity index (χ0n) is 16.6. The third-order valence-electron chi connectivity index (χ3n) is 5.25. The molecule has 1 aliphatic rings. The molecule has 0 radical (unpaired) electrons. The summed E-state index contributed by atoms with van der Waals surface area (Å²) in [7, 11) is 1.98. The highest BCUT2D eigenvalue weighted by atomic mass is 31.1. The Labute approximate surface area is 167 Å². The molecule has 1 atom stereocenters. The van der Waals surface area contributed by atoms with Crippen molar-refractivity contribution in [2.24, 2.45) is 0 Å². The standard InChI is InChI=1S/C20H22BN2O4P/c1-19(2)20(3,4)28-21(27-19)16-8-7-15(10-14(16)12-24)26-17-9-6-13(11-22)18(23-17)25-5/h6-10,12,28H,1-5H3. The highest BCUT2D eigenvalue weighted by Crippen LogP contribution is 2.51. The third kappa shape index (κ3) is 3.76. The Bertz CT molecular complexity index is 940. The average Bonchev–Trinajstić information content (AvgIpc) is 2.88. The molecule has 6 nitrogen and oxygen atoms in total. The SMILES string of the molecule is COc1nc(Oc2ccc(B3OC(C)(C)C(C)(C)P3)c(C=O)c2)ccc1C#N. The highest BCUT2D eigenvalue weighted by Gasteiger charge is 2.50. The molecule has 1 aromatic heterocycles. The maximum Gasteiger partial charge on any atom is 0.354 e. The molecule has 0 saturated carbocycles. The summed E-state index contributed by atoms with van der Waals surface area (Å²) in [5, 5.41) is 9.07. The first-order chi connectivity index (χ1) is 13.2. The highest BCUT2D eigenvalue weighted by molar-refractivity contribution is 7.79. The van der Waals surface area contributed by atoms with Gasteiger partial charge in [0.15, 0.2) is 0 Å². The summed E-state index contributed by atoms with van der Waals surface area (Å²) >= 11 is 0. The van der Waals surface area contributed by atoms with Gasteiger partial charge in [0.25, 0.3) is 0 Å². The van der Waals surface area contributed by atoms with Gasteiger partial charge in [-0.05, 0) is 37.5 Å². The second kappa shape index (κ2) is 7.54. The van der Waals surface area contributed by atoms with Crippen molar-refractivity contribution in [3.8, 4) is 23.6 Å². The number of aldehydes is 1. The largest absolute Gasteiger partial charge is 0.480 e. The molecule has 1 saturated heterocycles. The summed E-state index contributed by atoms with van der Waals surface area (Å²) in [4.78, 5) is 15.9. The lowest BCUT2D eigenvalue weighted by Gasteiger charge is -2.33. The molecule has 28 heavy (non-hydrogen) atoms. The smallest absolute Gasteiger partial charge is 0.354 e. The van der Waals surface area contributed by atoms with E-state index in [4.69, 9.17) is 19.4 Å². The van der Waals surface area contributed by atoms with E-state index >= 15 is 0 Å². The van der Waals surface area contributed by atoms with E-state index in [1.807, 2.05) is 12.1 Å². The van der Waals surface area contributed by atoms with Gasteiger partial charge in [-0.2, -0.15) is 10.2 Å². The number of rotatable bonds is 5. The van der Waals surface area contributed by atoms with E-state index in [9.17, 15) is 4.79 Å². The van der Waals surface area contributed by atoms with Crippen molar-refractivity contribution in [2.45, 2.75) is 38.5 Å². The molecule has 1 aromatic carbocycles. The van der Waals surface area contributed by atoms with Crippen LogP contribution in [0.5, 0.6) is 17.5 Å². The Balaban J connectivity index is 1.87. The summed E-state index contributed by atoms with van der Waals surface area (Å²) in [6.07, 6.45) is 0.821. The van der Waals surface area contributed by atoms with Gasteiger partial charge in [0, 0.05) is 16.8 Å². The predicted molar refractivity (Wildman–Crippen MR) is 110 cm³/mol. The number of hydrogen-bond donors (Lipinski definition) is 0. The van der Waals surface area contributed by atoms with Crippen LogP contribution < -0.4 is 14.9 Å². The monoisotopic (exact) mass is 396 g/mol. The Morgan fingerprint density at radius 3 is 2.57 bits per heavy atom. The average molecular weight is 396 g/mol. The number of carbonyl (C=O) groups is 1. The van der Waals surface area contributed by atoms with Crippen molar-refractivity contribution in [1.29, 1.82) is 5.26 Å². The second-order valence-electron chi connectivity index (χ2n) is 7.61. The number of nitriles is 1. The van der Waals surface area contributed by atoms with Crippen LogP contribution in [0.15, 0.2) is 30.3 Å². The number of hydrogen-bond acceptors (Lipinski definition) is 6. The van der Waals surface area contributed by atoms with Crippen LogP contribution in [0, 0.1) is 11.3 Å². The van der Waals surface area contributed by atoms with Crippen molar-refractivity contribution >= 4 is 26.8 Å². The molecule has 1 aliphatic heterocycles. The molecule has 8 heteroatoms. The Hall–Kier alpha value is -2.42. The molecule has 1 fully saturated rings. The van der Waals surface area contributed by atoms with Crippen molar-refractivity contribution in [2.75, 3.05) is 7.11 Å². The minimum atomic E-state index is -0.269. The minimum absolute atomic E-state index is 0.0238. The first-order valence-corrected chi connectivity index (χ1v) is 9.96. The maximum atomic E-state index is 11.7. The molecular formula is C20H22BN2O4P. The zero-order chi connectivity index (χ0) is 20.5. The van der Waals surface area contributed by atoms with Gasteiger partial charge in [0.1, 0.15) is 23.7 Å². The normalized spacial score (nSPS) is 17.9. The predicted octanol–water partition coefficient (Wildman–Crippen LogP) is 3.53. The van der Waals surface area contributed by atoms with Crippen molar-refractivity contribution in [3.63, 3.8) is 0 Å². The topological polar surface area (TPSA) is 81.4 Å². The van der Waals surface area contributed by atoms with Crippen LogP contribution in [-0.4, -0.2) is 35.8 Å². The summed E-state index contributed by atoms with van der Waals surface area (Å²) in [5.41, 5.74) is 1.45. The van der Waals surface area contributed by atoms with Crippen LogP contribution in [0.25, 0.3) is 0 Å². The number of pyridine rings is 1. The van der Waals surface area contributed by atoms with Gasteiger partial charge in [-0.25, -0.2) is 0 Å². The van der Waals surface area contributed by atoms with Crippen LogP contribution in [-0.2, 0) is 4.65 Å². The number of nitrogens with zero attached hydrogens (tertiary/aromatic N) is 2. The first-order valence-electron chi connectivity index (χ1n) is 8.88. The van der Waals surface area contributed by atoms with Crippen LogP contribution in [0.2, 0.25) is 0 Å². The lowest BCUT2D eigenvalue weighted by atomic mass is 9.80. The molecule has 0 amide bonds. The quantitative estimate of drug-likeness (QED) is 0.437. The van der Waals surface area contributed by atoms with Gasteiger partial charge in [-0.15, -0.1) is 8.46 Å². The summed E-state index contributed by atoms with van der Waals surface area (Å²) in [5.74, 6) is 0.948.